The Bertz CT molecular complexity index is 38.7. The molecule has 0 aliphatic rings. The summed E-state index contributed by atoms with van der Waals surface area (Å²) in [4.78, 5) is 0. The minimum Gasteiger partial charge on any atom is -0.367 e. The van der Waals surface area contributed by atoms with E-state index in [0.717, 1.165) is 0 Å². The maximum absolute atomic E-state index is 8.15. The van der Waals surface area contributed by atoms with Crippen molar-refractivity contribution in [1.29, 1.82) is 0 Å². The van der Waals surface area contributed by atoms with Gasteiger partial charge in [0.05, 0.1) is 0 Å². The minimum absolute atomic E-state index is 0.198. The lowest BCUT2D eigenvalue weighted by atomic mass is 10.6. The van der Waals surface area contributed by atoms with Crippen molar-refractivity contribution in [2.24, 2.45) is 0 Å². The molecule has 0 rings (SSSR count). The largest absolute Gasteiger partial charge is 0.367 e. The molecule has 0 heterocycles. The number of hydrogen-bond acceptors (Lipinski definition) is 3. The first kappa shape index (κ1) is 6.88. The average molecular weight is 104 g/mol. The second kappa shape index (κ2) is 4.05. The maximum atomic E-state index is 8.15. The summed E-state index contributed by atoms with van der Waals surface area (Å²) in [7, 11) is 0. The topological polar surface area (TPSA) is 52.5 Å². The van der Waals surface area contributed by atoms with Crippen LogP contribution in [0.3, 0.4) is 0 Å². The van der Waals surface area contributed by atoms with Crippen LogP contribution in [-0.2, 0) is 0 Å². The molecule has 3 heteroatoms. The van der Waals surface area contributed by atoms with Crippen LogP contribution in [0.1, 0.15) is 0 Å². The van der Waals surface area contributed by atoms with Gasteiger partial charge in [0.1, 0.15) is 0 Å². The van der Waals surface area contributed by atoms with Crippen LogP contribution in [0, 0.1) is 6.92 Å². The molecule has 0 saturated heterocycles. The van der Waals surface area contributed by atoms with E-state index in [1.54, 1.807) is 0 Å². The number of aliphatic hydroxyl groups is 2. The lowest BCUT2D eigenvalue weighted by molar-refractivity contribution is -0.0365. The minimum atomic E-state index is -1.25. The molecule has 0 spiro atoms. The molecular weight excluding hydrogens is 94.0 g/mol. The zero-order chi connectivity index (χ0) is 5.70. The second-order valence-corrected chi connectivity index (χ2v) is 1.18. The zero-order valence-electron chi connectivity index (χ0n) is 4.09. The van der Waals surface area contributed by atoms with Crippen LogP contribution in [-0.4, -0.2) is 29.6 Å². The first-order chi connectivity index (χ1) is 3.27. The van der Waals surface area contributed by atoms with Crippen LogP contribution >= 0.6 is 0 Å². The highest BCUT2D eigenvalue weighted by Crippen LogP contribution is 1.66. The molecule has 0 atom stereocenters. The molecule has 7 heavy (non-hydrogen) atoms. The molecule has 0 aliphatic heterocycles. The molecule has 0 aliphatic carbocycles. The van der Waals surface area contributed by atoms with E-state index in [1.165, 1.54) is 0 Å². The Kier molecular flexibility index (Phi) is 3.98. The molecule has 1 radical (unpaired) electrons. The van der Waals surface area contributed by atoms with Crippen molar-refractivity contribution in [3.05, 3.63) is 6.92 Å². The molecule has 3 N–H and O–H groups in total. The van der Waals surface area contributed by atoms with Crippen LogP contribution in [0.2, 0.25) is 0 Å². The molecule has 3 nitrogen and oxygen atoms in total. The fourth-order valence-electron chi connectivity index (χ4n) is 0.231. The lowest BCUT2D eigenvalue weighted by Gasteiger charge is -2.00. The molecule has 0 saturated carbocycles. The molecule has 0 aromatic rings. The van der Waals surface area contributed by atoms with Crippen LogP contribution < -0.4 is 5.32 Å². The summed E-state index contributed by atoms with van der Waals surface area (Å²) in [5, 5.41) is 18.9. The quantitative estimate of drug-likeness (QED) is 0.391. The molecule has 0 amide bonds. The van der Waals surface area contributed by atoms with Crippen molar-refractivity contribution in [2.75, 3.05) is 13.1 Å². The maximum Gasteiger partial charge on any atom is 0.164 e. The normalized spacial score (nSPS) is 10.3. The van der Waals surface area contributed by atoms with E-state index in [1.807, 2.05) is 0 Å². The number of nitrogens with one attached hydrogen (secondary N) is 1. The summed E-state index contributed by atoms with van der Waals surface area (Å²) < 4.78 is 0. The molecular formula is C4H10NO2. The van der Waals surface area contributed by atoms with Gasteiger partial charge in [0, 0.05) is 6.54 Å². The third kappa shape index (κ3) is 5.88. The second-order valence-electron chi connectivity index (χ2n) is 1.18. The number of aliphatic hydroxyl groups excluding tert-OH is 1. The van der Waals surface area contributed by atoms with E-state index in [2.05, 4.69) is 12.2 Å². The SMILES string of the molecule is [CH2]CNCC(O)O. The Morgan fingerprint density at radius 1 is 1.57 bits per heavy atom. The van der Waals surface area contributed by atoms with E-state index in [0.29, 0.717) is 6.54 Å². The highest BCUT2D eigenvalue weighted by Gasteiger charge is 1.90. The lowest BCUT2D eigenvalue weighted by Crippen LogP contribution is -2.25. The Hall–Kier alpha value is -0.120. The summed E-state index contributed by atoms with van der Waals surface area (Å²) in [5.41, 5.74) is 0. The van der Waals surface area contributed by atoms with Crippen LogP contribution in [0.4, 0.5) is 0 Å². The first-order valence-corrected chi connectivity index (χ1v) is 2.13. The summed E-state index contributed by atoms with van der Waals surface area (Å²) in [6.45, 7) is 4.15. The van der Waals surface area contributed by atoms with Gasteiger partial charge in [-0.25, -0.2) is 0 Å². The fraction of sp³-hybridized carbons (Fsp3) is 0.750. The van der Waals surface area contributed by atoms with Crippen molar-refractivity contribution in [2.45, 2.75) is 6.29 Å². The van der Waals surface area contributed by atoms with Gasteiger partial charge in [-0.1, -0.05) is 0 Å². The summed E-state index contributed by atoms with van der Waals surface area (Å²) >= 11 is 0. The predicted octanol–water partition coefficient (Wildman–Crippen LogP) is -1.28. The Morgan fingerprint density at radius 2 is 2.14 bits per heavy atom. The van der Waals surface area contributed by atoms with Crippen LogP contribution in [0.5, 0.6) is 0 Å². The standard InChI is InChI=1S/C4H10NO2/c1-2-5-3-4(6)7/h4-7H,1-3H2. The van der Waals surface area contributed by atoms with E-state index in [-0.39, 0.29) is 6.54 Å². The van der Waals surface area contributed by atoms with Crippen molar-refractivity contribution in [3.63, 3.8) is 0 Å². The van der Waals surface area contributed by atoms with E-state index < -0.39 is 6.29 Å². The summed E-state index contributed by atoms with van der Waals surface area (Å²) in [5.74, 6) is 0. The van der Waals surface area contributed by atoms with Gasteiger partial charge in [-0.05, 0) is 13.5 Å². The van der Waals surface area contributed by atoms with E-state index in [4.69, 9.17) is 10.2 Å². The summed E-state index contributed by atoms with van der Waals surface area (Å²) in [6.07, 6.45) is -1.25. The van der Waals surface area contributed by atoms with Crippen LogP contribution in [0.15, 0.2) is 0 Å². The monoisotopic (exact) mass is 104 g/mol. The third-order valence-electron chi connectivity index (χ3n) is 0.504. The van der Waals surface area contributed by atoms with Gasteiger partial charge in [-0.3, -0.25) is 0 Å². The third-order valence-corrected chi connectivity index (χ3v) is 0.504. The molecule has 0 fully saturated rings. The molecule has 43 valence electrons. The van der Waals surface area contributed by atoms with Crippen molar-refractivity contribution in [3.8, 4) is 0 Å². The Balaban J connectivity index is 2.68. The highest BCUT2D eigenvalue weighted by molar-refractivity contribution is 4.46. The highest BCUT2D eigenvalue weighted by atomic mass is 16.5. The van der Waals surface area contributed by atoms with E-state index in [9.17, 15) is 0 Å². The van der Waals surface area contributed by atoms with Gasteiger partial charge in [0.15, 0.2) is 6.29 Å². The molecule has 0 aromatic carbocycles. The van der Waals surface area contributed by atoms with Crippen molar-refractivity contribution in [1.82, 2.24) is 5.32 Å². The van der Waals surface area contributed by atoms with Gasteiger partial charge in [0.25, 0.3) is 0 Å². The van der Waals surface area contributed by atoms with Gasteiger partial charge < -0.3 is 15.5 Å². The average Bonchev–Trinajstić information content (AvgIpc) is 1.61. The predicted molar refractivity (Wildman–Crippen MR) is 26.5 cm³/mol. The van der Waals surface area contributed by atoms with Crippen molar-refractivity contribution < 1.29 is 10.2 Å². The number of rotatable bonds is 3. The van der Waals surface area contributed by atoms with Gasteiger partial charge >= 0.3 is 0 Å². The molecule has 0 aromatic heterocycles. The zero-order valence-corrected chi connectivity index (χ0v) is 4.09. The van der Waals surface area contributed by atoms with Gasteiger partial charge in [-0.15, -0.1) is 0 Å². The Labute approximate surface area is 43.0 Å². The van der Waals surface area contributed by atoms with Crippen LogP contribution in [0.25, 0.3) is 0 Å². The smallest absolute Gasteiger partial charge is 0.164 e. The van der Waals surface area contributed by atoms with Crippen molar-refractivity contribution >= 4 is 0 Å². The Morgan fingerprint density at radius 3 is 2.29 bits per heavy atom. The van der Waals surface area contributed by atoms with Gasteiger partial charge in [-0.2, -0.15) is 0 Å². The molecule has 0 bridgehead atoms. The fourth-order valence-corrected chi connectivity index (χ4v) is 0.231. The first-order valence-electron chi connectivity index (χ1n) is 2.13. The number of hydrogen-bond donors (Lipinski definition) is 3. The van der Waals surface area contributed by atoms with E-state index >= 15 is 0 Å². The summed E-state index contributed by atoms with van der Waals surface area (Å²) in [6, 6.07) is 0. The van der Waals surface area contributed by atoms with Gasteiger partial charge in [0.2, 0.25) is 0 Å². The molecule has 0 unspecified atom stereocenters.